The van der Waals surface area contributed by atoms with E-state index in [1.54, 1.807) is 0 Å². The van der Waals surface area contributed by atoms with Crippen LogP contribution in [0.25, 0.3) is 0 Å². The molecule has 1 aromatic rings. The minimum absolute atomic E-state index is 0.310. The minimum atomic E-state index is 0.310. The van der Waals surface area contributed by atoms with E-state index in [-0.39, 0.29) is 0 Å². The zero-order valence-corrected chi connectivity index (χ0v) is 10.4. The summed E-state index contributed by atoms with van der Waals surface area (Å²) >= 11 is 9.44. The molecule has 14 heavy (non-hydrogen) atoms. The second-order valence-corrected chi connectivity index (χ2v) is 4.58. The van der Waals surface area contributed by atoms with Crippen molar-refractivity contribution in [1.29, 1.82) is 0 Å². The Morgan fingerprint density at radius 2 is 2.29 bits per heavy atom. The molecule has 4 heteroatoms. The zero-order valence-electron chi connectivity index (χ0n) is 8.06. The lowest BCUT2D eigenvalue weighted by Gasteiger charge is -2.12. The van der Waals surface area contributed by atoms with E-state index in [0.29, 0.717) is 12.6 Å². The van der Waals surface area contributed by atoms with E-state index in [2.05, 4.69) is 21.2 Å². The van der Waals surface area contributed by atoms with Gasteiger partial charge in [0.2, 0.25) is 0 Å². The molecule has 1 rings (SSSR count). The van der Waals surface area contributed by atoms with Crippen LogP contribution in [0.3, 0.4) is 0 Å². The Labute approximate surface area is 98.0 Å². The van der Waals surface area contributed by atoms with Gasteiger partial charge in [-0.05, 0) is 30.7 Å². The van der Waals surface area contributed by atoms with Crippen LogP contribution in [0.5, 0.6) is 0 Å². The van der Waals surface area contributed by atoms with Crippen molar-refractivity contribution < 1.29 is 0 Å². The van der Waals surface area contributed by atoms with E-state index < -0.39 is 0 Å². The molecule has 1 atom stereocenters. The Balaban J connectivity index is 2.62. The molecule has 0 aliphatic carbocycles. The number of hydrogen-bond donors (Lipinski definition) is 2. The van der Waals surface area contributed by atoms with Crippen molar-refractivity contribution >= 4 is 27.5 Å². The van der Waals surface area contributed by atoms with E-state index in [4.69, 9.17) is 17.3 Å². The van der Waals surface area contributed by atoms with Gasteiger partial charge in [0.15, 0.2) is 0 Å². The molecule has 3 N–H and O–H groups in total. The Bertz CT molecular complexity index is 304. The van der Waals surface area contributed by atoms with E-state index in [1.807, 2.05) is 25.1 Å². The smallest absolute Gasteiger partial charge is 0.0451 e. The van der Waals surface area contributed by atoms with Crippen LogP contribution in [-0.4, -0.2) is 12.6 Å². The van der Waals surface area contributed by atoms with Crippen LogP contribution in [0.15, 0.2) is 22.7 Å². The second-order valence-electron chi connectivity index (χ2n) is 3.25. The van der Waals surface area contributed by atoms with Gasteiger partial charge in [-0.2, -0.15) is 0 Å². The third kappa shape index (κ3) is 3.58. The fourth-order valence-corrected chi connectivity index (χ4v) is 1.64. The summed E-state index contributed by atoms with van der Waals surface area (Å²) in [7, 11) is 0. The standard InChI is InChI=1S/C10H14BrClN2/c1-7(5-13)14-6-8-4-9(11)2-3-10(8)12/h2-4,7,14H,5-6,13H2,1H3. The van der Waals surface area contributed by atoms with E-state index in [0.717, 1.165) is 21.6 Å². The van der Waals surface area contributed by atoms with Gasteiger partial charge in [-0.1, -0.05) is 27.5 Å². The first-order valence-electron chi connectivity index (χ1n) is 4.51. The normalized spacial score (nSPS) is 12.9. The van der Waals surface area contributed by atoms with Crippen molar-refractivity contribution in [1.82, 2.24) is 5.32 Å². The second kappa shape index (κ2) is 5.71. The van der Waals surface area contributed by atoms with Crippen molar-refractivity contribution in [3.8, 4) is 0 Å². The number of nitrogens with two attached hydrogens (primary N) is 1. The Kier molecular flexibility index (Phi) is 4.89. The lowest BCUT2D eigenvalue weighted by atomic mass is 10.2. The first kappa shape index (κ1) is 12.0. The maximum absolute atomic E-state index is 6.03. The van der Waals surface area contributed by atoms with Gasteiger partial charge in [-0.25, -0.2) is 0 Å². The van der Waals surface area contributed by atoms with Crippen molar-refractivity contribution in [2.75, 3.05) is 6.54 Å². The van der Waals surface area contributed by atoms with Gasteiger partial charge in [-0.15, -0.1) is 0 Å². The molecule has 78 valence electrons. The molecule has 1 unspecified atom stereocenters. The molecule has 0 spiro atoms. The maximum Gasteiger partial charge on any atom is 0.0451 e. The predicted octanol–water partition coefficient (Wildman–Crippen LogP) is 2.54. The Hall–Kier alpha value is -0.0900. The molecule has 0 aromatic heterocycles. The molecule has 0 amide bonds. The summed E-state index contributed by atoms with van der Waals surface area (Å²) in [5, 5.41) is 4.07. The molecular formula is C10H14BrClN2. The highest BCUT2D eigenvalue weighted by Gasteiger charge is 2.03. The highest BCUT2D eigenvalue weighted by molar-refractivity contribution is 9.10. The highest BCUT2D eigenvalue weighted by atomic mass is 79.9. The van der Waals surface area contributed by atoms with Crippen LogP contribution in [0.1, 0.15) is 12.5 Å². The largest absolute Gasteiger partial charge is 0.329 e. The molecule has 0 aliphatic heterocycles. The lowest BCUT2D eigenvalue weighted by Crippen LogP contribution is -2.32. The number of nitrogens with one attached hydrogen (secondary N) is 1. The lowest BCUT2D eigenvalue weighted by molar-refractivity contribution is 0.556. The number of benzene rings is 1. The summed E-state index contributed by atoms with van der Waals surface area (Å²) in [5.41, 5.74) is 6.58. The quantitative estimate of drug-likeness (QED) is 0.887. The van der Waals surface area contributed by atoms with Crippen LogP contribution in [0.2, 0.25) is 5.02 Å². The summed E-state index contributed by atoms with van der Waals surface area (Å²) in [6.07, 6.45) is 0. The summed E-state index contributed by atoms with van der Waals surface area (Å²) in [4.78, 5) is 0. The molecule has 0 saturated heterocycles. The van der Waals surface area contributed by atoms with Crippen LogP contribution in [0, 0.1) is 0 Å². The van der Waals surface area contributed by atoms with Crippen LogP contribution in [-0.2, 0) is 6.54 Å². The SMILES string of the molecule is CC(CN)NCc1cc(Br)ccc1Cl. The van der Waals surface area contributed by atoms with E-state index in [1.165, 1.54) is 0 Å². The molecule has 2 nitrogen and oxygen atoms in total. The van der Waals surface area contributed by atoms with Crippen LogP contribution in [0.4, 0.5) is 0 Å². The summed E-state index contributed by atoms with van der Waals surface area (Å²) in [6, 6.07) is 6.14. The first-order valence-corrected chi connectivity index (χ1v) is 5.68. The zero-order chi connectivity index (χ0) is 10.6. The average Bonchev–Trinajstić information content (AvgIpc) is 2.19. The maximum atomic E-state index is 6.03. The van der Waals surface area contributed by atoms with Crippen molar-refractivity contribution in [3.63, 3.8) is 0 Å². The molecule has 0 saturated carbocycles. The topological polar surface area (TPSA) is 38.0 Å². The third-order valence-corrected chi connectivity index (χ3v) is 2.86. The minimum Gasteiger partial charge on any atom is -0.329 e. The van der Waals surface area contributed by atoms with Gasteiger partial charge < -0.3 is 11.1 Å². The molecule has 0 aliphatic rings. The number of rotatable bonds is 4. The van der Waals surface area contributed by atoms with Gasteiger partial charge >= 0.3 is 0 Å². The summed E-state index contributed by atoms with van der Waals surface area (Å²) in [5.74, 6) is 0. The molecule has 0 fully saturated rings. The fraction of sp³-hybridized carbons (Fsp3) is 0.400. The Morgan fingerprint density at radius 1 is 1.57 bits per heavy atom. The number of hydrogen-bond acceptors (Lipinski definition) is 2. The first-order chi connectivity index (χ1) is 6.63. The molecule has 0 heterocycles. The van der Waals surface area contributed by atoms with Gasteiger partial charge in [0.05, 0.1) is 0 Å². The average molecular weight is 278 g/mol. The monoisotopic (exact) mass is 276 g/mol. The highest BCUT2D eigenvalue weighted by Crippen LogP contribution is 2.20. The third-order valence-electron chi connectivity index (χ3n) is 2.00. The Morgan fingerprint density at radius 3 is 2.93 bits per heavy atom. The molecule has 1 aromatic carbocycles. The van der Waals surface area contributed by atoms with Gasteiger partial charge in [0.1, 0.15) is 0 Å². The molecule has 0 radical (unpaired) electrons. The van der Waals surface area contributed by atoms with Gasteiger partial charge in [-0.3, -0.25) is 0 Å². The van der Waals surface area contributed by atoms with E-state index in [9.17, 15) is 0 Å². The molecule has 0 bridgehead atoms. The van der Waals surface area contributed by atoms with Crippen LogP contribution >= 0.6 is 27.5 Å². The summed E-state index contributed by atoms with van der Waals surface area (Å²) < 4.78 is 1.04. The van der Waals surface area contributed by atoms with E-state index >= 15 is 0 Å². The molecular weight excluding hydrogens is 263 g/mol. The van der Waals surface area contributed by atoms with Gasteiger partial charge in [0, 0.05) is 28.6 Å². The van der Waals surface area contributed by atoms with Crippen molar-refractivity contribution in [2.24, 2.45) is 5.73 Å². The van der Waals surface area contributed by atoms with Crippen molar-refractivity contribution in [3.05, 3.63) is 33.3 Å². The summed E-state index contributed by atoms with van der Waals surface area (Å²) in [6.45, 7) is 3.42. The number of halogens is 2. The van der Waals surface area contributed by atoms with Crippen LogP contribution < -0.4 is 11.1 Å². The van der Waals surface area contributed by atoms with Crippen molar-refractivity contribution in [2.45, 2.75) is 19.5 Å². The van der Waals surface area contributed by atoms with Gasteiger partial charge in [0.25, 0.3) is 0 Å². The fourth-order valence-electron chi connectivity index (χ4n) is 1.05. The predicted molar refractivity (Wildman–Crippen MR) is 64.5 cm³/mol.